The molecule has 0 saturated heterocycles. The summed E-state index contributed by atoms with van der Waals surface area (Å²) in [5.41, 5.74) is 0. The van der Waals surface area contributed by atoms with Gasteiger partial charge in [0.25, 0.3) is 0 Å². The normalized spacial score (nSPS) is 13.8. The molecule has 0 spiro atoms. The Hall–Kier alpha value is 0.287. The van der Waals surface area contributed by atoms with Crippen LogP contribution in [-0.2, 0) is 15.5 Å². The predicted octanol–water partition coefficient (Wildman–Crippen LogP) is 1.41. The van der Waals surface area contributed by atoms with Crippen LogP contribution in [0.4, 0.5) is 0 Å². The van der Waals surface area contributed by atoms with Crippen molar-refractivity contribution < 1.29 is 12.9 Å². The summed E-state index contributed by atoms with van der Waals surface area (Å²) in [5.74, 6) is 0. The highest BCUT2D eigenvalue weighted by molar-refractivity contribution is 7.74. The standard InChI is InChI=1S/C6H16O3SSi/c1-11(2)6-4-3-5-9-10(7)8/h11H,3-6H2,1-2H3,(H,7,8). The zero-order valence-electron chi connectivity index (χ0n) is 7.08. The van der Waals surface area contributed by atoms with Crippen molar-refractivity contribution in [1.82, 2.24) is 0 Å². The molecule has 0 rings (SSSR count). The largest absolute Gasteiger partial charge is 0.301 e. The smallest absolute Gasteiger partial charge is 0.284 e. The first-order valence-corrected chi connectivity index (χ1v) is 8.03. The van der Waals surface area contributed by atoms with Crippen LogP contribution in [0.3, 0.4) is 0 Å². The highest BCUT2D eigenvalue weighted by Gasteiger charge is 1.96. The third-order valence-corrected chi connectivity index (χ3v) is 3.29. The van der Waals surface area contributed by atoms with Crippen LogP contribution in [0.1, 0.15) is 12.8 Å². The van der Waals surface area contributed by atoms with E-state index in [2.05, 4.69) is 17.3 Å². The van der Waals surface area contributed by atoms with Crippen LogP contribution >= 0.6 is 0 Å². The van der Waals surface area contributed by atoms with Gasteiger partial charge in [0.2, 0.25) is 0 Å². The third kappa shape index (κ3) is 10.3. The lowest BCUT2D eigenvalue weighted by molar-refractivity contribution is 0.300. The lowest BCUT2D eigenvalue weighted by Crippen LogP contribution is -2.01. The van der Waals surface area contributed by atoms with Gasteiger partial charge in [0, 0.05) is 8.80 Å². The minimum absolute atomic E-state index is 0.407. The second-order valence-corrected chi connectivity index (χ2v) is 6.96. The molecule has 0 aliphatic carbocycles. The maximum absolute atomic E-state index is 9.99. The summed E-state index contributed by atoms with van der Waals surface area (Å²) in [6.07, 6.45) is 2.03. The lowest BCUT2D eigenvalue weighted by atomic mass is 10.4. The Morgan fingerprint density at radius 3 is 2.55 bits per heavy atom. The minimum Gasteiger partial charge on any atom is -0.284 e. The average Bonchev–Trinajstić information content (AvgIpc) is 1.85. The molecule has 0 radical (unpaired) electrons. The number of unbranched alkanes of at least 4 members (excludes halogenated alkanes) is 1. The van der Waals surface area contributed by atoms with Gasteiger partial charge < -0.3 is 0 Å². The van der Waals surface area contributed by atoms with Crippen molar-refractivity contribution in [2.45, 2.75) is 32.0 Å². The van der Waals surface area contributed by atoms with Crippen LogP contribution in [0.25, 0.3) is 0 Å². The van der Waals surface area contributed by atoms with Gasteiger partial charge in [-0.05, 0) is 6.42 Å². The molecule has 3 nitrogen and oxygen atoms in total. The molecule has 1 N–H and O–H groups in total. The SMILES string of the molecule is C[SiH](C)CCCCOS(=O)O. The number of hydrogen-bond acceptors (Lipinski definition) is 2. The first-order chi connectivity index (χ1) is 5.13. The van der Waals surface area contributed by atoms with Crippen molar-refractivity contribution in [2.75, 3.05) is 6.61 Å². The fourth-order valence-electron chi connectivity index (χ4n) is 0.785. The fraction of sp³-hybridized carbons (Fsp3) is 1.00. The summed E-state index contributed by atoms with van der Waals surface area (Å²) < 4.78 is 22.7. The summed E-state index contributed by atoms with van der Waals surface area (Å²) in [5, 5.41) is 0. The van der Waals surface area contributed by atoms with Gasteiger partial charge in [-0.3, -0.25) is 8.74 Å². The first kappa shape index (κ1) is 11.3. The Kier molecular flexibility index (Phi) is 7.15. The molecule has 1 unspecified atom stereocenters. The monoisotopic (exact) mass is 196 g/mol. The zero-order valence-corrected chi connectivity index (χ0v) is 9.05. The number of hydrogen-bond donors (Lipinski definition) is 1. The van der Waals surface area contributed by atoms with E-state index in [0.29, 0.717) is 6.61 Å². The first-order valence-electron chi connectivity index (χ1n) is 3.87. The minimum atomic E-state index is -2.07. The molecule has 0 saturated carbocycles. The molecule has 0 aromatic rings. The van der Waals surface area contributed by atoms with Crippen molar-refractivity contribution >= 4 is 20.2 Å². The van der Waals surface area contributed by atoms with Crippen molar-refractivity contribution in [3.05, 3.63) is 0 Å². The van der Waals surface area contributed by atoms with E-state index >= 15 is 0 Å². The van der Waals surface area contributed by atoms with Crippen LogP contribution in [0.5, 0.6) is 0 Å². The Balaban J connectivity index is 2.97. The van der Waals surface area contributed by atoms with Crippen LogP contribution in [-0.4, -0.2) is 24.2 Å². The lowest BCUT2D eigenvalue weighted by Gasteiger charge is -2.01. The molecule has 0 aliphatic rings. The van der Waals surface area contributed by atoms with Gasteiger partial charge >= 0.3 is 11.4 Å². The van der Waals surface area contributed by atoms with E-state index in [0.717, 1.165) is 12.8 Å². The zero-order chi connectivity index (χ0) is 8.69. The van der Waals surface area contributed by atoms with Gasteiger partial charge in [-0.15, -0.1) is 0 Å². The van der Waals surface area contributed by atoms with Crippen molar-refractivity contribution in [1.29, 1.82) is 0 Å². The molecule has 1 atom stereocenters. The van der Waals surface area contributed by atoms with Crippen LogP contribution in [0.2, 0.25) is 19.1 Å². The van der Waals surface area contributed by atoms with Crippen LogP contribution in [0, 0.1) is 0 Å². The molecular weight excluding hydrogens is 180 g/mol. The third-order valence-electron chi connectivity index (χ3n) is 1.36. The molecule has 0 aromatic carbocycles. The van der Waals surface area contributed by atoms with Gasteiger partial charge in [-0.25, -0.2) is 0 Å². The van der Waals surface area contributed by atoms with E-state index in [1.807, 2.05) is 0 Å². The summed E-state index contributed by atoms with van der Waals surface area (Å²) in [4.78, 5) is 0. The molecule has 5 heteroatoms. The van der Waals surface area contributed by atoms with Crippen molar-refractivity contribution in [3.8, 4) is 0 Å². The Morgan fingerprint density at radius 1 is 1.45 bits per heavy atom. The summed E-state index contributed by atoms with van der Waals surface area (Å²) >= 11 is -2.07. The topological polar surface area (TPSA) is 46.5 Å². The highest BCUT2D eigenvalue weighted by atomic mass is 32.2. The molecule has 0 amide bonds. The Morgan fingerprint density at radius 2 is 2.09 bits per heavy atom. The Bertz CT molecular complexity index is 118. The van der Waals surface area contributed by atoms with Crippen molar-refractivity contribution in [3.63, 3.8) is 0 Å². The van der Waals surface area contributed by atoms with E-state index in [4.69, 9.17) is 4.55 Å². The highest BCUT2D eigenvalue weighted by Crippen LogP contribution is 2.01. The van der Waals surface area contributed by atoms with E-state index in [1.54, 1.807) is 0 Å². The summed E-state index contributed by atoms with van der Waals surface area (Å²) in [7, 11) is -0.432. The van der Waals surface area contributed by atoms with Gasteiger partial charge in [0.1, 0.15) is 0 Å². The molecule has 68 valence electrons. The Labute approximate surface area is 72.2 Å². The van der Waals surface area contributed by atoms with Crippen LogP contribution in [0.15, 0.2) is 0 Å². The maximum atomic E-state index is 9.99. The predicted molar refractivity (Wildman–Crippen MR) is 49.6 cm³/mol. The van der Waals surface area contributed by atoms with Gasteiger partial charge in [-0.1, -0.05) is 25.6 Å². The molecule has 0 fully saturated rings. The summed E-state index contributed by atoms with van der Waals surface area (Å²) in [6.45, 7) is 5.00. The van der Waals surface area contributed by atoms with Crippen LogP contribution < -0.4 is 0 Å². The second kappa shape index (κ2) is 6.96. The van der Waals surface area contributed by atoms with Gasteiger partial charge in [0.05, 0.1) is 6.61 Å². The molecule has 0 heterocycles. The average molecular weight is 196 g/mol. The van der Waals surface area contributed by atoms with Gasteiger partial charge in [0.15, 0.2) is 0 Å². The van der Waals surface area contributed by atoms with E-state index in [1.165, 1.54) is 6.04 Å². The van der Waals surface area contributed by atoms with E-state index in [9.17, 15) is 4.21 Å². The van der Waals surface area contributed by atoms with E-state index < -0.39 is 20.2 Å². The molecule has 0 bridgehead atoms. The molecular formula is C6H16O3SSi. The van der Waals surface area contributed by atoms with Crippen molar-refractivity contribution in [2.24, 2.45) is 0 Å². The number of rotatable bonds is 6. The fourth-order valence-corrected chi connectivity index (χ4v) is 2.15. The quantitative estimate of drug-likeness (QED) is 0.397. The molecule has 11 heavy (non-hydrogen) atoms. The van der Waals surface area contributed by atoms with Gasteiger partial charge in [-0.2, -0.15) is 4.21 Å². The maximum Gasteiger partial charge on any atom is 0.301 e. The summed E-state index contributed by atoms with van der Waals surface area (Å²) in [6, 6.07) is 1.29. The second-order valence-electron chi connectivity index (χ2n) is 2.93. The molecule has 0 aliphatic heterocycles. The molecule has 0 aromatic heterocycles. The van der Waals surface area contributed by atoms with E-state index in [-0.39, 0.29) is 0 Å².